The van der Waals surface area contributed by atoms with E-state index < -0.39 is 0 Å². The van der Waals surface area contributed by atoms with Crippen LogP contribution in [0, 0.1) is 0 Å². The summed E-state index contributed by atoms with van der Waals surface area (Å²) in [6, 6.07) is 17.4. The molecule has 0 heterocycles. The minimum Gasteiger partial charge on any atom is -0.393 e. The highest BCUT2D eigenvalue weighted by Gasteiger charge is 2.05. The molecule has 29 heavy (non-hydrogen) atoms. The molecular formula is C24H34O2S3. The van der Waals surface area contributed by atoms with Crippen LogP contribution in [0.4, 0.5) is 0 Å². The average Bonchev–Trinajstić information content (AvgIpc) is 2.71. The minimum atomic E-state index is -0.162. The molecule has 5 heteroatoms. The van der Waals surface area contributed by atoms with Crippen LogP contribution in [0.3, 0.4) is 0 Å². The van der Waals surface area contributed by atoms with Crippen molar-refractivity contribution in [1.82, 2.24) is 0 Å². The molecule has 2 aromatic carbocycles. The van der Waals surface area contributed by atoms with Crippen molar-refractivity contribution in [2.45, 2.75) is 84.2 Å². The number of thioether (sulfide) groups is 2. The first-order chi connectivity index (χ1) is 14.1. The second-order valence-corrected chi connectivity index (χ2v) is 10.7. The van der Waals surface area contributed by atoms with Gasteiger partial charge in [-0.2, -0.15) is 0 Å². The van der Waals surface area contributed by atoms with Crippen molar-refractivity contribution in [2.24, 2.45) is 0 Å². The molecule has 0 saturated carbocycles. The van der Waals surface area contributed by atoms with Crippen LogP contribution < -0.4 is 0 Å². The maximum atomic E-state index is 9.82. The van der Waals surface area contributed by atoms with E-state index in [1.807, 2.05) is 23.5 Å². The first-order valence-electron chi connectivity index (χ1n) is 10.6. The van der Waals surface area contributed by atoms with E-state index in [4.69, 9.17) is 0 Å². The Labute approximate surface area is 189 Å². The standard InChI is InChI=1S/C24H34O2S3/c1-3-5-19(25)15-17-27-21-7-11-23(12-8-21)29-24-13-9-22(10-14-24)28-18-16-20(26)6-4-2/h7-14,19-20,25-26H,3-6,15-18H2,1-2H3. The molecule has 2 rings (SSSR count). The second-order valence-electron chi connectivity index (χ2n) is 7.20. The van der Waals surface area contributed by atoms with Crippen LogP contribution in [0.2, 0.25) is 0 Å². The highest BCUT2D eigenvalue weighted by Crippen LogP contribution is 2.31. The van der Waals surface area contributed by atoms with Gasteiger partial charge >= 0.3 is 0 Å². The molecule has 0 aliphatic heterocycles. The van der Waals surface area contributed by atoms with Crippen molar-refractivity contribution < 1.29 is 10.2 Å². The molecular weight excluding hydrogens is 416 g/mol. The molecule has 0 bridgehead atoms. The summed E-state index contributed by atoms with van der Waals surface area (Å²) >= 11 is 5.41. The SMILES string of the molecule is CCCC(O)CCSc1ccc(Sc2ccc(SCCC(O)CCC)cc2)cc1. The zero-order valence-electron chi connectivity index (χ0n) is 17.5. The molecule has 160 valence electrons. The Morgan fingerprint density at radius 3 is 1.28 bits per heavy atom. The first-order valence-corrected chi connectivity index (χ1v) is 13.4. The maximum Gasteiger partial charge on any atom is 0.0548 e. The van der Waals surface area contributed by atoms with E-state index in [0.717, 1.165) is 50.0 Å². The fraction of sp³-hybridized carbons (Fsp3) is 0.500. The zero-order chi connectivity index (χ0) is 20.9. The number of aliphatic hydroxyl groups excluding tert-OH is 2. The smallest absolute Gasteiger partial charge is 0.0548 e. The van der Waals surface area contributed by atoms with E-state index in [-0.39, 0.29) is 12.2 Å². The van der Waals surface area contributed by atoms with Crippen molar-refractivity contribution in [1.29, 1.82) is 0 Å². The Hall–Kier alpha value is -0.590. The second kappa shape index (κ2) is 14.4. The summed E-state index contributed by atoms with van der Waals surface area (Å²) in [6.07, 6.45) is 5.27. The molecule has 2 N–H and O–H groups in total. The van der Waals surface area contributed by atoms with E-state index >= 15 is 0 Å². The predicted molar refractivity (Wildman–Crippen MR) is 130 cm³/mol. The Bertz CT molecular complexity index is 614. The van der Waals surface area contributed by atoms with E-state index in [1.54, 1.807) is 11.8 Å². The third-order valence-corrected chi connectivity index (χ3v) is 7.67. The van der Waals surface area contributed by atoms with E-state index in [9.17, 15) is 10.2 Å². The Morgan fingerprint density at radius 2 is 0.931 bits per heavy atom. The van der Waals surface area contributed by atoms with E-state index in [0.29, 0.717) is 0 Å². The van der Waals surface area contributed by atoms with Gasteiger partial charge in [0, 0.05) is 31.1 Å². The fourth-order valence-electron chi connectivity index (χ4n) is 2.92. The molecule has 2 unspecified atom stereocenters. The van der Waals surface area contributed by atoms with Crippen molar-refractivity contribution in [3.05, 3.63) is 48.5 Å². The first kappa shape index (κ1) is 24.7. The molecule has 0 fully saturated rings. The molecule has 0 aromatic heterocycles. The van der Waals surface area contributed by atoms with Gasteiger partial charge in [-0.25, -0.2) is 0 Å². The van der Waals surface area contributed by atoms with Crippen LogP contribution in [-0.4, -0.2) is 33.9 Å². The lowest BCUT2D eigenvalue weighted by Crippen LogP contribution is -2.06. The Kier molecular flexibility index (Phi) is 12.3. The highest BCUT2D eigenvalue weighted by molar-refractivity contribution is 8.00. The normalized spacial score (nSPS) is 13.4. The fourth-order valence-corrected chi connectivity index (χ4v) is 5.65. The number of benzene rings is 2. The van der Waals surface area contributed by atoms with Crippen LogP contribution in [-0.2, 0) is 0 Å². The topological polar surface area (TPSA) is 40.5 Å². The Morgan fingerprint density at radius 1 is 0.586 bits per heavy atom. The van der Waals surface area contributed by atoms with Gasteiger partial charge in [0.15, 0.2) is 0 Å². The number of hydrogen-bond acceptors (Lipinski definition) is 5. The lowest BCUT2D eigenvalue weighted by atomic mass is 10.2. The number of rotatable bonds is 14. The monoisotopic (exact) mass is 450 g/mol. The van der Waals surface area contributed by atoms with Crippen molar-refractivity contribution in [3.63, 3.8) is 0 Å². The average molecular weight is 451 g/mol. The summed E-state index contributed by atoms with van der Waals surface area (Å²) in [7, 11) is 0. The maximum absolute atomic E-state index is 9.82. The number of aliphatic hydroxyl groups is 2. The van der Waals surface area contributed by atoms with Crippen LogP contribution in [0.25, 0.3) is 0 Å². The zero-order valence-corrected chi connectivity index (χ0v) is 20.0. The van der Waals surface area contributed by atoms with Crippen molar-refractivity contribution >= 4 is 35.3 Å². The van der Waals surface area contributed by atoms with Gasteiger partial charge < -0.3 is 10.2 Å². The quantitative estimate of drug-likeness (QED) is 0.300. The highest BCUT2D eigenvalue weighted by atomic mass is 32.2. The van der Waals surface area contributed by atoms with E-state index in [1.165, 1.54) is 19.6 Å². The summed E-state index contributed by atoms with van der Waals surface area (Å²) in [5, 5.41) is 19.6. The molecule has 2 aromatic rings. The molecule has 0 radical (unpaired) electrons. The van der Waals surface area contributed by atoms with Crippen LogP contribution >= 0.6 is 35.3 Å². The summed E-state index contributed by atoms with van der Waals surface area (Å²) in [5.41, 5.74) is 0. The molecule has 0 saturated heterocycles. The summed E-state index contributed by atoms with van der Waals surface area (Å²) in [4.78, 5) is 5.00. The van der Waals surface area contributed by atoms with Gasteiger partial charge in [0.05, 0.1) is 12.2 Å². The largest absolute Gasteiger partial charge is 0.393 e. The molecule has 0 amide bonds. The molecule has 0 spiro atoms. The predicted octanol–water partition coefficient (Wildman–Crippen LogP) is 7.12. The van der Waals surface area contributed by atoms with E-state index in [2.05, 4.69) is 62.4 Å². The molecule has 2 nitrogen and oxygen atoms in total. The third kappa shape index (κ3) is 10.3. The summed E-state index contributed by atoms with van der Waals surface area (Å²) in [6.45, 7) is 4.22. The Balaban J connectivity index is 1.74. The van der Waals surface area contributed by atoms with Gasteiger partial charge in [0.2, 0.25) is 0 Å². The van der Waals surface area contributed by atoms with Crippen molar-refractivity contribution in [2.75, 3.05) is 11.5 Å². The van der Waals surface area contributed by atoms with Crippen LogP contribution in [0.1, 0.15) is 52.4 Å². The van der Waals surface area contributed by atoms with Crippen LogP contribution in [0.5, 0.6) is 0 Å². The van der Waals surface area contributed by atoms with Gasteiger partial charge in [-0.1, -0.05) is 38.5 Å². The van der Waals surface area contributed by atoms with Crippen molar-refractivity contribution in [3.8, 4) is 0 Å². The van der Waals surface area contributed by atoms with Gasteiger partial charge in [-0.05, 0) is 74.2 Å². The lowest BCUT2D eigenvalue weighted by molar-refractivity contribution is 0.160. The molecule has 0 aliphatic carbocycles. The summed E-state index contributed by atoms with van der Waals surface area (Å²) < 4.78 is 0. The van der Waals surface area contributed by atoms with Gasteiger partial charge in [0.25, 0.3) is 0 Å². The van der Waals surface area contributed by atoms with Gasteiger partial charge in [-0.15, -0.1) is 23.5 Å². The third-order valence-electron chi connectivity index (χ3n) is 4.57. The van der Waals surface area contributed by atoms with Gasteiger partial charge in [-0.3, -0.25) is 0 Å². The summed E-state index contributed by atoms with van der Waals surface area (Å²) in [5.74, 6) is 1.92. The number of hydrogen-bond donors (Lipinski definition) is 2. The molecule has 2 atom stereocenters. The molecule has 0 aliphatic rings. The van der Waals surface area contributed by atoms with Crippen LogP contribution in [0.15, 0.2) is 68.1 Å². The minimum absolute atomic E-state index is 0.162. The van der Waals surface area contributed by atoms with Gasteiger partial charge in [0.1, 0.15) is 0 Å². The lowest BCUT2D eigenvalue weighted by Gasteiger charge is -2.09.